The van der Waals surface area contributed by atoms with E-state index in [4.69, 9.17) is 17.8 Å². The summed E-state index contributed by atoms with van der Waals surface area (Å²) in [6, 6.07) is 14.3. The van der Waals surface area contributed by atoms with Crippen LogP contribution in [0.15, 0.2) is 53.4 Å². The summed E-state index contributed by atoms with van der Waals surface area (Å²) >= 11 is 0. The number of para-hydroxylation sites is 1. The molecule has 1 saturated carbocycles. The van der Waals surface area contributed by atoms with Gasteiger partial charge in [-0.2, -0.15) is 4.98 Å². The van der Waals surface area contributed by atoms with Crippen LogP contribution in [-0.4, -0.2) is 76.3 Å². The summed E-state index contributed by atoms with van der Waals surface area (Å²) in [5, 5.41) is 4.49. The second-order valence-corrected chi connectivity index (χ2v) is 12.3. The van der Waals surface area contributed by atoms with Crippen molar-refractivity contribution in [3.05, 3.63) is 48.5 Å². The van der Waals surface area contributed by atoms with Crippen LogP contribution in [0.5, 0.6) is 0 Å². The van der Waals surface area contributed by atoms with Crippen molar-refractivity contribution in [3.63, 3.8) is 0 Å². The lowest BCUT2D eigenvalue weighted by molar-refractivity contribution is -0.129. The van der Waals surface area contributed by atoms with E-state index < -0.39 is 10.0 Å². The number of hydrogen-bond donors (Lipinski definition) is 2. The summed E-state index contributed by atoms with van der Waals surface area (Å²) in [6.07, 6.45) is 3.99. The Bertz CT molecular complexity index is 1400. The number of carbonyl (C=O) groups excluding carboxylic acids is 1. The van der Waals surface area contributed by atoms with Gasteiger partial charge in [-0.15, -0.1) is 0 Å². The molecule has 2 aliphatic rings. The van der Waals surface area contributed by atoms with Crippen molar-refractivity contribution in [3.8, 4) is 0 Å². The maximum absolute atomic E-state index is 12.6. The zero-order valence-corrected chi connectivity index (χ0v) is 23.2. The number of anilines is 2. The van der Waals surface area contributed by atoms with E-state index >= 15 is 0 Å². The van der Waals surface area contributed by atoms with Gasteiger partial charge in [-0.1, -0.05) is 29.7 Å². The molecule has 2 N–H and O–H groups in total. The number of aromatic nitrogens is 2. The van der Waals surface area contributed by atoms with Crippen LogP contribution in [0.4, 0.5) is 11.8 Å². The molecule has 1 aliphatic carbocycles. The van der Waals surface area contributed by atoms with Gasteiger partial charge in [-0.05, 0) is 61.8 Å². The first-order valence-corrected chi connectivity index (χ1v) is 15.1. The van der Waals surface area contributed by atoms with E-state index in [0.29, 0.717) is 42.9 Å². The Kier molecular flexibility index (Phi) is 8.37. The third-order valence-corrected chi connectivity index (χ3v) is 9.31. The Hall–Kier alpha value is -3.18. The average molecular weight is 547 g/mol. The average Bonchev–Trinajstić information content (AvgIpc) is 2.95. The molecule has 204 valence electrons. The number of nitrogens with zero attached hydrogens (tertiary/aromatic N) is 4. The van der Waals surface area contributed by atoms with Gasteiger partial charge in [0.2, 0.25) is 21.9 Å². The molecule has 9 nitrogen and oxygen atoms in total. The predicted molar refractivity (Wildman–Crippen MR) is 155 cm³/mol. The van der Waals surface area contributed by atoms with Gasteiger partial charge in [0.1, 0.15) is 13.7 Å². The van der Waals surface area contributed by atoms with Crippen molar-refractivity contribution in [2.24, 2.45) is 11.8 Å². The quantitative estimate of drug-likeness (QED) is 0.418. The number of carbonyl (C=O) groups is 1. The minimum absolute atomic E-state index is 0.110. The Labute approximate surface area is 231 Å². The fourth-order valence-corrected chi connectivity index (χ4v) is 6.56. The highest BCUT2D eigenvalue weighted by Crippen LogP contribution is 2.30. The molecule has 0 bridgehead atoms. The topological polar surface area (TPSA) is 108 Å². The smallest absolute Gasteiger partial charge is 0.240 e. The SMILES string of the molecule is [B]c1ccc(S(=O)(=O)NCC2CCC(CNc3nc(N4CCN(C(C)=O)CC4)c4ccccc4n3)CC2)cc1. The number of benzene rings is 2. The third kappa shape index (κ3) is 6.70. The highest BCUT2D eigenvalue weighted by atomic mass is 32.2. The maximum Gasteiger partial charge on any atom is 0.240 e. The van der Waals surface area contributed by atoms with Crippen molar-refractivity contribution < 1.29 is 13.2 Å². The predicted octanol–water partition coefficient (Wildman–Crippen LogP) is 2.29. The molecule has 2 aromatic carbocycles. The van der Waals surface area contributed by atoms with Crippen LogP contribution in [0.3, 0.4) is 0 Å². The number of sulfonamides is 1. The zero-order chi connectivity index (χ0) is 27.4. The van der Waals surface area contributed by atoms with Crippen molar-refractivity contribution in [2.75, 3.05) is 49.5 Å². The van der Waals surface area contributed by atoms with E-state index in [1.807, 2.05) is 23.1 Å². The third-order valence-electron chi connectivity index (χ3n) is 7.88. The lowest BCUT2D eigenvalue weighted by Crippen LogP contribution is -2.48. The maximum atomic E-state index is 12.6. The van der Waals surface area contributed by atoms with E-state index in [-0.39, 0.29) is 10.8 Å². The number of hydrogen-bond acceptors (Lipinski definition) is 7. The first-order chi connectivity index (χ1) is 18.8. The molecule has 2 heterocycles. The molecule has 1 aromatic heterocycles. The standard InChI is InChI=1S/C28H35BN6O3S/c1-20(36)34-14-16-35(17-15-34)27-25-4-2-3-5-26(25)32-28(33-27)30-18-21-6-8-22(9-7-21)19-31-39(37,38)24-12-10-23(29)11-13-24/h2-5,10-13,21-22,31H,6-9,14-19H2,1H3,(H,30,32,33). The summed E-state index contributed by atoms with van der Waals surface area (Å²) in [6.45, 7) is 5.70. The molecule has 1 amide bonds. The Morgan fingerprint density at radius 2 is 1.56 bits per heavy atom. The van der Waals surface area contributed by atoms with Crippen molar-refractivity contribution in [1.29, 1.82) is 0 Å². The first-order valence-electron chi connectivity index (χ1n) is 13.6. The number of nitrogens with one attached hydrogen (secondary N) is 2. The van der Waals surface area contributed by atoms with Crippen LogP contribution in [0, 0.1) is 11.8 Å². The van der Waals surface area contributed by atoms with Crippen LogP contribution >= 0.6 is 0 Å². The van der Waals surface area contributed by atoms with Crippen molar-refractivity contribution >= 4 is 51.9 Å². The van der Waals surface area contributed by atoms with E-state index in [1.165, 1.54) is 12.1 Å². The van der Waals surface area contributed by atoms with Gasteiger partial charge in [-0.3, -0.25) is 4.79 Å². The van der Waals surface area contributed by atoms with Crippen molar-refractivity contribution in [1.82, 2.24) is 19.6 Å². The van der Waals surface area contributed by atoms with Crippen LogP contribution in [0.2, 0.25) is 0 Å². The Morgan fingerprint density at radius 3 is 2.23 bits per heavy atom. The van der Waals surface area contributed by atoms with Crippen LogP contribution < -0.4 is 20.4 Å². The van der Waals surface area contributed by atoms with Gasteiger partial charge < -0.3 is 15.1 Å². The highest BCUT2D eigenvalue weighted by molar-refractivity contribution is 7.89. The molecular formula is C28H35BN6O3S. The normalized spacial score (nSPS) is 20.2. The molecule has 5 rings (SSSR count). The molecular weight excluding hydrogens is 511 g/mol. The molecule has 0 atom stereocenters. The van der Waals surface area contributed by atoms with E-state index in [0.717, 1.165) is 62.0 Å². The van der Waals surface area contributed by atoms with E-state index in [9.17, 15) is 13.2 Å². The van der Waals surface area contributed by atoms with Crippen LogP contribution in [-0.2, 0) is 14.8 Å². The van der Waals surface area contributed by atoms with E-state index in [1.54, 1.807) is 19.1 Å². The Morgan fingerprint density at radius 1 is 0.923 bits per heavy atom. The van der Waals surface area contributed by atoms with E-state index in [2.05, 4.69) is 21.0 Å². The zero-order valence-electron chi connectivity index (χ0n) is 22.3. The monoisotopic (exact) mass is 546 g/mol. The minimum Gasteiger partial charge on any atom is -0.354 e. The Balaban J connectivity index is 1.15. The highest BCUT2D eigenvalue weighted by Gasteiger charge is 2.25. The van der Waals surface area contributed by atoms with Crippen molar-refractivity contribution in [2.45, 2.75) is 37.5 Å². The molecule has 1 saturated heterocycles. The molecule has 39 heavy (non-hydrogen) atoms. The summed E-state index contributed by atoms with van der Waals surface area (Å²) < 4.78 is 28.0. The van der Waals surface area contributed by atoms with Gasteiger partial charge in [0.25, 0.3) is 0 Å². The fraction of sp³-hybridized carbons (Fsp3) is 0.464. The second-order valence-electron chi connectivity index (χ2n) is 10.6. The summed E-state index contributed by atoms with van der Waals surface area (Å²) in [5.74, 6) is 2.44. The lowest BCUT2D eigenvalue weighted by atomic mass is 9.82. The minimum atomic E-state index is -3.53. The number of rotatable bonds is 8. The number of amides is 1. The lowest BCUT2D eigenvalue weighted by Gasteiger charge is -2.35. The summed E-state index contributed by atoms with van der Waals surface area (Å²) in [5.41, 5.74) is 1.44. The summed E-state index contributed by atoms with van der Waals surface area (Å²) in [4.78, 5) is 25.8. The number of piperazine rings is 1. The molecule has 1 aliphatic heterocycles. The van der Waals surface area contributed by atoms with Gasteiger partial charge in [0, 0.05) is 51.6 Å². The summed E-state index contributed by atoms with van der Waals surface area (Å²) in [7, 11) is 2.14. The fourth-order valence-electron chi connectivity index (χ4n) is 5.45. The molecule has 2 fully saturated rings. The first kappa shape index (κ1) is 27.4. The second kappa shape index (κ2) is 11.9. The van der Waals surface area contributed by atoms with Crippen LogP contribution in [0.1, 0.15) is 32.6 Å². The molecule has 0 unspecified atom stereocenters. The van der Waals surface area contributed by atoms with Gasteiger partial charge in [0.15, 0.2) is 0 Å². The molecule has 2 radical (unpaired) electrons. The molecule has 3 aromatic rings. The largest absolute Gasteiger partial charge is 0.354 e. The van der Waals surface area contributed by atoms with Gasteiger partial charge in [-0.25, -0.2) is 18.1 Å². The number of fused-ring (bicyclic) bond motifs is 1. The molecule has 11 heteroatoms. The van der Waals surface area contributed by atoms with Gasteiger partial charge >= 0.3 is 0 Å². The van der Waals surface area contributed by atoms with Gasteiger partial charge in [0.05, 0.1) is 10.4 Å². The van der Waals surface area contributed by atoms with Crippen LogP contribution in [0.25, 0.3) is 10.9 Å². The molecule has 0 spiro atoms.